The molecular weight excluding hydrogens is 545 g/mol. The SMILES string of the molecule is CC(=O)N1CC2(OC1(C)C)C1CC2CC(S(=O)(=O)c2cc(C(=O)Nc3cc(F)c(F)c(F)c3)ccc2Cl)C1. The standard InChI is InChI=1S/C26H26ClF3N2O5S/c1-13(33)32-12-26(37-25(32,2)3)15-7-16(26)9-18(8-15)38(35,36)22-6-14(4-5-19(22)27)24(34)31-17-10-20(28)23(30)21(29)11-17/h4-6,10-11,15-16,18H,7-9,12H2,1-3H3,(H,31,34). The van der Waals surface area contributed by atoms with Gasteiger partial charge in [-0.25, -0.2) is 21.6 Å². The average molecular weight is 571 g/mol. The molecule has 0 aromatic heterocycles. The minimum atomic E-state index is -3.97. The summed E-state index contributed by atoms with van der Waals surface area (Å²) in [4.78, 5) is 26.3. The Morgan fingerprint density at radius 2 is 1.66 bits per heavy atom. The molecule has 1 saturated heterocycles. The van der Waals surface area contributed by atoms with Crippen LogP contribution >= 0.6 is 11.6 Å². The molecule has 2 aromatic rings. The minimum Gasteiger partial charge on any atom is -0.347 e. The molecule has 1 spiro atoms. The number of nitrogens with zero attached hydrogens (tertiary/aromatic N) is 1. The van der Waals surface area contributed by atoms with Gasteiger partial charge in [0, 0.05) is 30.3 Å². The van der Waals surface area contributed by atoms with Crippen LogP contribution in [0.5, 0.6) is 0 Å². The van der Waals surface area contributed by atoms with Crippen molar-refractivity contribution in [2.45, 2.75) is 61.5 Å². The minimum absolute atomic E-state index is 0.0572. The second-order valence-corrected chi connectivity index (χ2v) is 13.3. The summed E-state index contributed by atoms with van der Waals surface area (Å²) in [5.41, 5.74) is -1.79. The molecule has 38 heavy (non-hydrogen) atoms. The Kier molecular flexibility index (Phi) is 6.35. The van der Waals surface area contributed by atoms with Crippen LogP contribution in [0.2, 0.25) is 5.02 Å². The predicted molar refractivity (Wildman–Crippen MR) is 133 cm³/mol. The summed E-state index contributed by atoms with van der Waals surface area (Å²) in [6.45, 7) is 5.56. The molecule has 2 bridgehead atoms. The van der Waals surface area contributed by atoms with E-state index in [9.17, 15) is 31.2 Å². The summed E-state index contributed by atoms with van der Waals surface area (Å²) in [5.74, 6) is -5.69. The van der Waals surface area contributed by atoms with Crippen LogP contribution in [0.15, 0.2) is 35.2 Å². The van der Waals surface area contributed by atoms with Gasteiger partial charge in [0.15, 0.2) is 27.3 Å². The Hall–Kier alpha value is -2.63. The lowest BCUT2D eigenvalue weighted by Crippen LogP contribution is -2.64. The fourth-order valence-corrected chi connectivity index (χ4v) is 8.67. The number of carbonyl (C=O) groups excluding carboxylic acids is 2. The third-order valence-corrected chi connectivity index (χ3v) is 10.8. The average Bonchev–Trinajstić information content (AvgIpc) is 3.16. The highest BCUT2D eigenvalue weighted by Crippen LogP contribution is 2.61. The molecule has 4 aliphatic rings. The normalized spacial score (nSPS) is 27.8. The van der Waals surface area contributed by atoms with Crippen molar-refractivity contribution in [3.8, 4) is 0 Å². The molecule has 204 valence electrons. The van der Waals surface area contributed by atoms with E-state index in [-0.39, 0.29) is 38.9 Å². The fraction of sp³-hybridized carbons (Fsp3) is 0.462. The number of hydrogen-bond acceptors (Lipinski definition) is 5. The highest BCUT2D eigenvalue weighted by Gasteiger charge is 2.67. The van der Waals surface area contributed by atoms with E-state index in [4.69, 9.17) is 16.3 Å². The van der Waals surface area contributed by atoms with Crippen LogP contribution in [0.4, 0.5) is 18.9 Å². The fourth-order valence-electron chi connectivity index (χ4n) is 6.27. The lowest BCUT2D eigenvalue weighted by molar-refractivity contribution is -0.223. The molecule has 2 atom stereocenters. The van der Waals surface area contributed by atoms with Gasteiger partial charge in [-0.2, -0.15) is 0 Å². The molecule has 2 aromatic carbocycles. The van der Waals surface area contributed by atoms with Crippen molar-refractivity contribution >= 4 is 38.9 Å². The molecule has 2 amide bonds. The zero-order valence-electron chi connectivity index (χ0n) is 20.9. The molecular formula is C26H26ClF3N2O5S. The maximum absolute atomic E-state index is 13.7. The number of fused-ring (bicyclic) bond motifs is 2. The zero-order valence-corrected chi connectivity index (χ0v) is 22.4. The lowest BCUT2D eigenvalue weighted by atomic mass is 9.53. The van der Waals surface area contributed by atoms with Gasteiger partial charge >= 0.3 is 0 Å². The van der Waals surface area contributed by atoms with Crippen LogP contribution in [0.1, 0.15) is 50.4 Å². The van der Waals surface area contributed by atoms with Crippen LogP contribution in [0.3, 0.4) is 0 Å². The quantitative estimate of drug-likeness (QED) is 0.526. The van der Waals surface area contributed by atoms with E-state index in [1.165, 1.54) is 19.1 Å². The number of nitrogens with one attached hydrogen (secondary N) is 1. The van der Waals surface area contributed by atoms with E-state index in [1.807, 2.05) is 13.8 Å². The highest BCUT2D eigenvalue weighted by atomic mass is 35.5. The van der Waals surface area contributed by atoms with Gasteiger partial charge in [-0.3, -0.25) is 9.59 Å². The summed E-state index contributed by atoms with van der Waals surface area (Å²) in [7, 11) is -3.97. The molecule has 3 saturated carbocycles. The molecule has 1 heterocycles. The summed E-state index contributed by atoms with van der Waals surface area (Å²) >= 11 is 6.26. The van der Waals surface area contributed by atoms with Crippen molar-refractivity contribution in [1.29, 1.82) is 0 Å². The molecule has 3 aliphatic carbocycles. The predicted octanol–water partition coefficient (Wildman–Crippen LogP) is 4.94. The molecule has 1 N–H and O–H groups in total. The topological polar surface area (TPSA) is 92.8 Å². The van der Waals surface area contributed by atoms with Gasteiger partial charge in [0.2, 0.25) is 5.91 Å². The Bertz CT molecular complexity index is 1430. The Labute approximate surface area is 223 Å². The van der Waals surface area contributed by atoms with E-state index >= 15 is 0 Å². The number of ether oxygens (including phenoxy) is 1. The summed E-state index contributed by atoms with van der Waals surface area (Å²) < 4.78 is 74.0. The molecule has 4 fully saturated rings. The second-order valence-electron chi connectivity index (χ2n) is 10.7. The van der Waals surface area contributed by atoms with Gasteiger partial charge in [0.05, 0.1) is 27.3 Å². The first-order chi connectivity index (χ1) is 17.7. The first-order valence-corrected chi connectivity index (χ1v) is 14.1. The van der Waals surface area contributed by atoms with E-state index in [1.54, 1.807) is 4.90 Å². The van der Waals surface area contributed by atoms with E-state index in [0.717, 1.165) is 12.5 Å². The number of rotatable bonds is 4. The van der Waals surface area contributed by atoms with Crippen molar-refractivity contribution in [3.05, 3.63) is 58.4 Å². The summed E-state index contributed by atoms with van der Waals surface area (Å²) in [6, 6.07) is 4.92. The molecule has 1 aliphatic heterocycles. The van der Waals surface area contributed by atoms with Gasteiger partial charge in [0.1, 0.15) is 5.72 Å². The molecule has 6 rings (SSSR count). The van der Waals surface area contributed by atoms with Crippen LogP contribution in [-0.2, 0) is 19.4 Å². The first kappa shape index (κ1) is 27.0. The number of anilines is 1. The number of hydrogen-bond donors (Lipinski definition) is 1. The number of sulfone groups is 1. The Morgan fingerprint density at radius 3 is 2.21 bits per heavy atom. The number of halogens is 4. The Morgan fingerprint density at radius 1 is 1.05 bits per heavy atom. The van der Waals surface area contributed by atoms with Gasteiger partial charge < -0.3 is 15.0 Å². The maximum Gasteiger partial charge on any atom is 0.255 e. The monoisotopic (exact) mass is 570 g/mol. The highest BCUT2D eigenvalue weighted by molar-refractivity contribution is 7.92. The molecule has 12 heteroatoms. The summed E-state index contributed by atoms with van der Waals surface area (Å²) in [5, 5.41) is 1.42. The van der Waals surface area contributed by atoms with Crippen LogP contribution in [0.25, 0.3) is 0 Å². The number of carbonyl (C=O) groups is 2. The zero-order chi connectivity index (χ0) is 27.8. The lowest BCUT2D eigenvalue weighted by Gasteiger charge is -2.58. The van der Waals surface area contributed by atoms with E-state index in [2.05, 4.69) is 5.32 Å². The Balaban J connectivity index is 1.36. The second kappa shape index (κ2) is 8.96. The number of amides is 2. The summed E-state index contributed by atoms with van der Waals surface area (Å²) in [6.07, 6.45) is 1.44. The van der Waals surface area contributed by atoms with Gasteiger partial charge in [-0.15, -0.1) is 0 Å². The van der Waals surface area contributed by atoms with Crippen LogP contribution in [-0.4, -0.2) is 48.3 Å². The van der Waals surface area contributed by atoms with Crippen LogP contribution in [0, 0.1) is 29.3 Å². The maximum atomic E-state index is 13.7. The van der Waals surface area contributed by atoms with E-state index < -0.39 is 49.8 Å². The van der Waals surface area contributed by atoms with Gasteiger partial charge in [-0.05, 0) is 63.1 Å². The van der Waals surface area contributed by atoms with Crippen molar-refractivity contribution in [2.24, 2.45) is 11.8 Å². The third-order valence-electron chi connectivity index (χ3n) is 8.10. The van der Waals surface area contributed by atoms with Crippen molar-refractivity contribution in [1.82, 2.24) is 4.90 Å². The molecule has 2 unspecified atom stereocenters. The van der Waals surface area contributed by atoms with E-state index in [0.29, 0.717) is 31.5 Å². The molecule has 0 radical (unpaired) electrons. The van der Waals surface area contributed by atoms with Gasteiger partial charge in [-0.1, -0.05) is 11.6 Å². The smallest absolute Gasteiger partial charge is 0.255 e. The van der Waals surface area contributed by atoms with Crippen LogP contribution < -0.4 is 5.32 Å². The third kappa shape index (κ3) is 4.19. The van der Waals surface area contributed by atoms with Crippen molar-refractivity contribution < 1.29 is 35.9 Å². The van der Waals surface area contributed by atoms with Gasteiger partial charge in [0.25, 0.3) is 5.91 Å². The van der Waals surface area contributed by atoms with Crippen molar-refractivity contribution in [3.63, 3.8) is 0 Å². The largest absolute Gasteiger partial charge is 0.347 e. The number of benzene rings is 2. The first-order valence-electron chi connectivity index (χ1n) is 12.1. The molecule has 7 nitrogen and oxygen atoms in total. The van der Waals surface area contributed by atoms with Crippen molar-refractivity contribution in [2.75, 3.05) is 11.9 Å².